The van der Waals surface area contributed by atoms with E-state index in [0.29, 0.717) is 18.5 Å². The summed E-state index contributed by atoms with van der Waals surface area (Å²) in [5, 5.41) is 9.58. The molecule has 24 heavy (non-hydrogen) atoms. The quantitative estimate of drug-likeness (QED) is 0.328. The Hall–Kier alpha value is -0.570. The van der Waals surface area contributed by atoms with Crippen LogP contribution in [0.5, 0.6) is 0 Å². The average Bonchev–Trinajstić information content (AvgIpc) is 2.98. The van der Waals surface area contributed by atoms with Gasteiger partial charge in [-0.3, -0.25) is 4.79 Å². The van der Waals surface area contributed by atoms with E-state index in [-0.39, 0.29) is 42.0 Å². The van der Waals surface area contributed by atoms with Gasteiger partial charge in [-0.2, -0.15) is 0 Å². The Labute approximate surface area is 163 Å². The highest BCUT2D eigenvalue weighted by atomic mass is 127. The fourth-order valence-electron chi connectivity index (χ4n) is 3.26. The highest BCUT2D eigenvalue weighted by molar-refractivity contribution is 14.0. The van der Waals surface area contributed by atoms with Crippen LogP contribution in [0.25, 0.3) is 0 Å². The lowest BCUT2D eigenvalue weighted by atomic mass is 9.95. The molecule has 1 aliphatic heterocycles. The minimum Gasteiger partial charge on any atom is -0.373 e. The Balaban J connectivity index is 0.00000288. The van der Waals surface area contributed by atoms with Gasteiger partial charge in [-0.05, 0) is 39.5 Å². The second-order valence-electron chi connectivity index (χ2n) is 6.85. The molecule has 0 bridgehead atoms. The van der Waals surface area contributed by atoms with Crippen molar-refractivity contribution in [2.75, 3.05) is 26.2 Å². The molecule has 7 heteroatoms. The predicted molar refractivity (Wildman–Crippen MR) is 108 cm³/mol. The Morgan fingerprint density at radius 2 is 1.96 bits per heavy atom. The molecule has 1 atom stereocenters. The summed E-state index contributed by atoms with van der Waals surface area (Å²) >= 11 is 0. The number of hydrogen-bond acceptors (Lipinski definition) is 3. The van der Waals surface area contributed by atoms with E-state index in [0.717, 1.165) is 38.8 Å². The number of carbonyl (C=O) groups excluding carboxylic acids is 1. The van der Waals surface area contributed by atoms with Crippen LogP contribution in [0.2, 0.25) is 0 Å². The van der Waals surface area contributed by atoms with Crippen molar-refractivity contribution in [3.63, 3.8) is 0 Å². The maximum Gasteiger partial charge on any atom is 0.242 e. The minimum absolute atomic E-state index is 0. The number of amides is 1. The molecule has 0 aromatic heterocycles. The zero-order chi connectivity index (χ0) is 16.5. The van der Waals surface area contributed by atoms with Crippen LogP contribution >= 0.6 is 24.0 Å². The highest BCUT2D eigenvalue weighted by Crippen LogP contribution is 2.23. The van der Waals surface area contributed by atoms with Crippen molar-refractivity contribution < 1.29 is 9.53 Å². The summed E-state index contributed by atoms with van der Waals surface area (Å²) in [6.45, 7) is 6.62. The summed E-state index contributed by atoms with van der Waals surface area (Å²) < 4.78 is 5.77. The standard InChI is InChI=1S/C17H32N4O2.HI/c1-3-18-16(20-13-17(2)10-7-11-23-17)19-12-15(22)21-14-8-5-4-6-9-14;/h14H,3-13H2,1-2H3,(H,21,22)(H2,18,19,20);1H. The van der Waals surface area contributed by atoms with Crippen LogP contribution in [-0.2, 0) is 9.53 Å². The second-order valence-corrected chi connectivity index (χ2v) is 6.85. The van der Waals surface area contributed by atoms with Crippen molar-refractivity contribution >= 4 is 35.8 Å². The maximum absolute atomic E-state index is 12.0. The summed E-state index contributed by atoms with van der Waals surface area (Å²) in [4.78, 5) is 16.4. The SMILES string of the molecule is CCNC(=NCC(=O)NC1CCCCC1)NCC1(C)CCCO1.I. The molecule has 1 saturated heterocycles. The molecule has 1 amide bonds. The van der Waals surface area contributed by atoms with E-state index in [1.807, 2.05) is 6.92 Å². The number of carbonyl (C=O) groups is 1. The maximum atomic E-state index is 12.0. The van der Waals surface area contributed by atoms with Gasteiger partial charge in [0.05, 0.1) is 5.60 Å². The monoisotopic (exact) mass is 452 g/mol. The summed E-state index contributed by atoms with van der Waals surface area (Å²) in [5.41, 5.74) is -0.124. The van der Waals surface area contributed by atoms with Gasteiger partial charge in [-0.25, -0.2) is 4.99 Å². The molecule has 1 saturated carbocycles. The minimum atomic E-state index is -0.124. The first-order chi connectivity index (χ1) is 11.1. The lowest BCUT2D eigenvalue weighted by Crippen LogP contribution is -2.46. The van der Waals surface area contributed by atoms with Crippen LogP contribution in [0.15, 0.2) is 4.99 Å². The van der Waals surface area contributed by atoms with Crippen LogP contribution in [-0.4, -0.2) is 49.8 Å². The first kappa shape index (κ1) is 21.5. The summed E-state index contributed by atoms with van der Waals surface area (Å²) in [7, 11) is 0. The molecule has 140 valence electrons. The van der Waals surface area contributed by atoms with Crippen molar-refractivity contribution in [2.45, 2.75) is 70.4 Å². The third-order valence-electron chi connectivity index (χ3n) is 4.63. The van der Waals surface area contributed by atoms with Gasteiger partial charge in [-0.1, -0.05) is 19.3 Å². The number of nitrogens with one attached hydrogen (secondary N) is 3. The molecule has 0 spiro atoms. The van der Waals surface area contributed by atoms with Gasteiger partial charge in [0.15, 0.2) is 5.96 Å². The first-order valence-electron chi connectivity index (χ1n) is 9.07. The first-order valence-corrected chi connectivity index (χ1v) is 9.07. The average molecular weight is 452 g/mol. The van der Waals surface area contributed by atoms with Crippen LogP contribution in [0.1, 0.15) is 58.8 Å². The molecule has 1 heterocycles. The fraction of sp³-hybridized carbons (Fsp3) is 0.882. The van der Waals surface area contributed by atoms with Gasteiger partial charge in [0.1, 0.15) is 6.54 Å². The number of hydrogen-bond donors (Lipinski definition) is 3. The Morgan fingerprint density at radius 1 is 1.21 bits per heavy atom. The van der Waals surface area contributed by atoms with Crippen molar-refractivity contribution in [3.8, 4) is 0 Å². The molecule has 0 aromatic rings. The van der Waals surface area contributed by atoms with Gasteiger partial charge in [-0.15, -0.1) is 24.0 Å². The van der Waals surface area contributed by atoms with Crippen molar-refractivity contribution in [3.05, 3.63) is 0 Å². The second kappa shape index (κ2) is 11.1. The lowest BCUT2D eigenvalue weighted by Gasteiger charge is -2.25. The van der Waals surface area contributed by atoms with Crippen LogP contribution in [0.3, 0.4) is 0 Å². The van der Waals surface area contributed by atoms with Gasteiger partial charge >= 0.3 is 0 Å². The van der Waals surface area contributed by atoms with Crippen LogP contribution in [0.4, 0.5) is 0 Å². The van der Waals surface area contributed by atoms with Gasteiger partial charge < -0.3 is 20.7 Å². The van der Waals surface area contributed by atoms with E-state index < -0.39 is 0 Å². The summed E-state index contributed by atoms with van der Waals surface area (Å²) in [6, 6.07) is 0.341. The van der Waals surface area contributed by atoms with E-state index in [4.69, 9.17) is 4.74 Å². The molecule has 2 rings (SSSR count). The van der Waals surface area contributed by atoms with Crippen molar-refractivity contribution in [1.82, 2.24) is 16.0 Å². The fourth-order valence-corrected chi connectivity index (χ4v) is 3.26. The topological polar surface area (TPSA) is 74.8 Å². The van der Waals surface area contributed by atoms with Crippen LogP contribution < -0.4 is 16.0 Å². The number of aliphatic imine (C=N–C) groups is 1. The molecule has 3 N–H and O–H groups in total. The van der Waals surface area contributed by atoms with E-state index >= 15 is 0 Å². The number of nitrogens with zero attached hydrogens (tertiary/aromatic N) is 1. The number of halogens is 1. The zero-order valence-corrected chi connectivity index (χ0v) is 17.4. The Bertz CT molecular complexity index is 405. The Morgan fingerprint density at radius 3 is 2.58 bits per heavy atom. The molecule has 6 nitrogen and oxygen atoms in total. The molecular weight excluding hydrogens is 419 g/mol. The van der Waals surface area contributed by atoms with Crippen molar-refractivity contribution in [1.29, 1.82) is 0 Å². The van der Waals surface area contributed by atoms with E-state index in [9.17, 15) is 4.79 Å². The Kier molecular flexibility index (Phi) is 9.95. The summed E-state index contributed by atoms with van der Waals surface area (Å²) in [5.74, 6) is 0.695. The van der Waals surface area contributed by atoms with Crippen molar-refractivity contribution in [2.24, 2.45) is 4.99 Å². The smallest absolute Gasteiger partial charge is 0.242 e. The summed E-state index contributed by atoms with van der Waals surface area (Å²) in [6.07, 6.45) is 8.10. The van der Waals surface area contributed by atoms with Gasteiger partial charge in [0.25, 0.3) is 0 Å². The number of guanidine groups is 1. The molecule has 1 aliphatic carbocycles. The molecule has 1 unspecified atom stereocenters. The normalized spacial score (nSPS) is 25.0. The van der Waals surface area contributed by atoms with Gasteiger partial charge in [0.2, 0.25) is 5.91 Å². The van der Waals surface area contributed by atoms with Crippen LogP contribution in [0, 0.1) is 0 Å². The third-order valence-corrected chi connectivity index (χ3v) is 4.63. The van der Waals surface area contributed by atoms with E-state index in [1.54, 1.807) is 0 Å². The number of ether oxygens (including phenoxy) is 1. The molecule has 0 radical (unpaired) electrons. The lowest BCUT2D eigenvalue weighted by molar-refractivity contribution is -0.120. The molecule has 2 aliphatic rings. The zero-order valence-electron chi connectivity index (χ0n) is 15.0. The largest absolute Gasteiger partial charge is 0.373 e. The molecule has 2 fully saturated rings. The van der Waals surface area contributed by atoms with E-state index in [1.165, 1.54) is 19.3 Å². The molecular formula is C17H33IN4O2. The number of rotatable bonds is 6. The highest BCUT2D eigenvalue weighted by Gasteiger charge is 2.29. The molecule has 0 aromatic carbocycles. The van der Waals surface area contributed by atoms with E-state index in [2.05, 4.69) is 27.9 Å². The predicted octanol–water partition coefficient (Wildman–Crippen LogP) is 2.18. The third kappa shape index (κ3) is 7.55. The van der Waals surface area contributed by atoms with Gasteiger partial charge in [0, 0.05) is 25.7 Å².